The number of fused-ring (bicyclic) bond motifs is 1. The minimum atomic E-state index is -0.324. The molecule has 0 unspecified atom stereocenters. The van der Waals surface area contributed by atoms with Crippen LogP contribution in [-0.4, -0.2) is 15.3 Å². The van der Waals surface area contributed by atoms with Crippen LogP contribution in [0.5, 0.6) is 0 Å². The molecule has 1 N–H and O–H groups in total. The van der Waals surface area contributed by atoms with Crippen LogP contribution in [0.1, 0.15) is 22.8 Å². The van der Waals surface area contributed by atoms with E-state index in [-0.39, 0.29) is 17.6 Å². The second-order valence-corrected chi connectivity index (χ2v) is 6.18. The van der Waals surface area contributed by atoms with Crippen molar-refractivity contribution in [2.45, 2.75) is 12.3 Å². The molecule has 0 spiro atoms. The molecule has 0 radical (unpaired) electrons. The quantitative estimate of drug-likeness (QED) is 0.779. The van der Waals surface area contributed by atoms with Crippen molar-refractivity contribution in [1.82, 2.24) is 9.36 Å². The van der Waals surface area contributed by atoms with Crippen LogP contribution in [0.15, 0.2) is 48.8 Å². The van der Waals surface area contributed by atoms with Gasteiger partial charge in [-0.2, -0.15) is 4.37 Å². The zero-order valence-electron chi connectivity index (χ0n) is 12.0. The number of amides is 1. The molecule has 2 aromatic heterocycles. The summed E-state index contributed by atoms with van der Waals surface area (Å²) < 4.78 is 17.9. The van der Waals surface area contributed by atoms with Gasteiger partial charge < -0.3 is 5.32 Å². The van der Waals surface area contributed by atoms with Gasteiger partial charge in [0.15, 0.2) is 0 Å². The van der Waals surface area contributed by atoms with Gasteiger partial charge in [-0.15, -0.1) is 0 Å². The molecule has 1 aliphatic rings. The van der Waals surface area contributed by atoms with Crippen LogP contribution in [0.3, 0.4) is 0 Å². The van der Waals surface area contributed by atoms with Gasteiger partial charge in [-0.25, -0.2) is 4.39 Å². The van der Waals surface area contributed by atoms with Crippen molar-refractivity contribution in [1.29, 1.82) is 0 Å². The molecular weight excluding hydrogens is 313 g/mol. The Morgan fingerprint density at radius 3 is 2.96 bits per heavy atom. The molecule has 4 rings (SSSR count). The van der Waals surface area contributed by atoms with Gasteiger partial charge in [-0.3, -0.25) is 9.78 Å². The SMILES string of the molecule is O=C1C[C@@H](c2cccnc2)c2snc(-c3cccc(F)c3)c2N1. The molecule has 0 saturated heterocycles. The van der Waals surface area contributed by atoms with Crippen molar-refractivity contribution in [2.75, 3.05) is 5.32 Å². The van der Waals surface area contributed by atoms with Crippen LogP contribution in [0, 0.1) is 5.82 Å². The highest BCUT2D eigenvalue weighted by atomic mass is 32.1. The summed E-state index contributed by atoms with van der Waals surface area (Å²) in [4.78, 5) is 17.2. The number of halogens is 1. The van der Waals surface area contributed by atoms with Gasteiger partial charge in [0.2, 0.25) is 5.91 Å². The van der Waals surface area contributed by atoms with E-state index in [1.807, 2.05) is 12.1 Å². The number of aromatic nitrogens is 2. The number of nitrogens with one attached hydrogen (secondary N) is 1. The van der Waals surface area contributed by atoms with E-state index in [9.17, 15) is 9.18 Å². The number of carbonyl (C=O) groups is 1. The van der Waals surface area contributed by atoms with E-state index in [4.69, 9.17) is 0 Å². The smallest absolute Gasteiger partial charge is 0.225 e. The van der Waals surface area contributed by atoms with Gasteiger partial charge in [0, 0.05) is 30.3 Å². The molecule has 0 fully saturated rings. The number of hydrogen-bond donors (Lipinski definition) is 1. The van der Waals surface area contributed by atoms with E-state index in [1.165, 1.54) is 23.7 Å². The Morgan fingerprint density at radius 2 is 2.17 bits per heavy atom. The Bertz CT molecular complexity index is 879. The molecule has 114 valence electrons. The van der Waals surface area contributed by atoms with Crippen LogP contribution >= 0.6 is 11.5 Å². The van der Waals surface area contributed by atoms with E-state index < -0.39 is 0 Å². The van der Waals surface area contributed by atoms with Crippen molar-refractivity contribution in [2.24, 2.45) is 0 Å². The second-order valence-electron chi connectivity index (χ2n) is 5.37. The molecule has 3 aromatic rings. The van der Waals surface area contributed by atoms with Gasteiger partial charge in [0.05, 0.1) is 10.6 Å². The van der Waals surface area contributed by atoms with Crippen molar-refractivity contribution in [3.63, 3.8) is 0 Å². The predicted octanol–water partition coefficient (Wildman–Crippen LogP) is 3.82. The summed E-state index contributed by atoms with van der Waals surface area (Å²) in [7, 11) is 0. The lowest BCUT2D eigenvalue weighted by Crippen LogP contribution is -2.22. The Hall–Kier alpha value is -2.60. The summed E-state index contributed by atoms with van der Waals surface area (Å²) in [5.41, 5.74) is 2.95. The summed E-state index contributed by atoms with van der Waals surface area (Å²) in [5, 5.41) is 2.89. The zero-order chi connectivity index (χ0) is 15.8. The minimum absolute atomic E-state index is 0.0627. The van der Waals surface area contributed by atoms with Crippen molar-refractivity contribution >= 4 is 23.1 Å². The number of rotatable bonds is 2. The topological polar surface area (TPSA) is 54.9 Å². The summed E-state index contributed by atoms with van der Waals surface area (Å²) >= 11 is 1.34. The lowest BCUT2D eigenvalue weighted by molar-refractivity contribution is -0.116. The van der Waals surface area contributed by atoms with E-state index in [2.05, 4.69) is 14.7 Å². The van der Waals surface area contributed by atoms with Crippen molar-refractivity contribution < 1.29 is 9.18 Å². The average molecular weight is 325 g/mol. The van der Waals surface area contributed by atoms with Crippen LogP contribution in [0.25, 0.3) is 11.3 Å². The van der Waals surface area contributed by atoms with Crippen LogP contribution in [-0.2, 0) is 4.79 Å². The first kappa shape index (κ1) is 14.0. The first-order valence-corrected chi connectivity index (χ1v) is 7.95. The van der Waals surface area contributed by atoms with Gasteiger partial charge in [-0.05, 0) is 35.3 Å². The summed E-state index contributed by atoms with van der Waals surface area (Å²) in [6.07, 6.45) is 3.84. The number of hydrogen-bond acceptors (Lipinski definition) is 4. The predicted molar refractivity (Wildman–Crippen MR) is 86.8 cm³/mol. The Morgan fingerprint density at radius 1 is 1.26 bits per heavy atom. The maximum Gasteiger partial charge on any atom is 0.225 e. The van der Waals surface area contributed by atoms with Gasteiger partial charge >= 0.3 is 0 Å². The highest BCUT2D eigenvalue weighted by molar-refractivity contribution is 7.07. The van der Waals surface area contributed by atoms with E-state index in [0.29, 0.717) is 23.4 Å². The molecule has 1 amide bonds. The largest absolute Gasteiger partial charge is 0.323 e. The lowest BCUT2D eigenvalue weighted by Gasteiger charge is -2.22. The zero-order valence-corrected chi connectivity index (χ0v) is 12.8. The fourth-order valence-corrected chi connectivity index (χ4v) is 3.79. The Kier molecular flexibility index (Phi) is 3.38. The molecule has 0 aliphatic carbocycles. The van der Waals surface area contributed by atoms with Crippen molar-refractivity contribution in [3.8, 4) is 11.3 Å². The summed E-state index contributed by atoms with van der Waals surface area (Å²) in [6, 6.07) is 10.1. The van der Waals surface area contributed by atoms with E-state index in [1.54, 1.807) is 24.5 Å². The third-order valence-corrected chi connectivity index (χ3v) is 4.83. The Labute approximate surface area is 136 Å². The molecule has 1 aromatic carbocycles. The Balaban J connectivity index is 1.83. The molecule has 6 heteroatoms. The first-order valence-electron chi connectivity index (χ1n) is 7.17. The minimum Gasteiger partial charge on any atom is -0.323 e. The number of benzene rings is 1. The van der Waals surface area contributed by atoms with E-state index in [0.717, 1.165) is 10.4 Å². The standard InChI is InChI=1S/C17H12FN3OS/c18-12-5-1-3-10(7-12)15-16-17(23-21-15)13(8-14(22)20-16)11-4-2-6-19-9-11/h1-7,9,13H,8H2,(H,20,22)/t13-/m0/s1. The highest BCUT2D eigenvalue weighted by Gasteiger charge is 2.31. The third-order valence-electron chi connectivity index (χ3n) is 3.87. The molecule has 3 heterocycles. The van der Waals surface area contributed by atoms with Gasteiger partial charge in [0.1, 0.15) is 11.5 Å². The average Bonchev–Trinajstić information content (AvgIpc) is 2.98. The number of pyridine rings is 1. The molecule has 23 heavy (non-hydrogen) atoms. The molecular formula is C17H12FN3OS. The van der Waals surface area contributed by atoms with Gasteiger partial charge in [-0.1, -0.05) is 18.2 Å². The second kappa shape index (κ2) is 5.55. The molecule has 0 bridgehead atoms. The maximum atomic E-state index is 13.5. The van der Waals surface area contributed by atoms with Crippen LogP contribution in [0.4, 0.5) is 10.1 Å². The highest BCUT2D eigenvalue weighted by Crippen LogP contribution is 2.44. The molecule has 0 saturated carbocycles. The molecule has 1 atom stereocenters. The van der Waals surface area contributed by atoms with Gasteiger partial charge in [0.25, 0.3) is 0 Å². The molecule has 4 nitrogen and oxygen atoms in total. The first-order chi connectivity index (χ1) is 11.2. The summed E-state index contributed by atoms with van der Waals surface area (Å²) in [6.45, 7) is 0. The fraction of sp³-hybridized carbons (Fsp3) is 0.118. The van der Waals surface area contributed by atoms with Crippen molar-refractivity contribution in [3.05, 3.63) is 65.0 Å². The van der Waals surface area contributed by atoms with Crippen LogP contribution in [0.2, 0.25) is 0 Å². The fourth-order valence-electron chi connectivity index (χ4n) is 2.81. The van der Waals surface area contributed by atoms with E-state index >= 15 is 0 Å². The maximum absolute atomic E-state index is 13.5. The number of nitrogens with zero attached hydrogens (tertiary/aromatic N) is 2. The number of anilines is 1. The molecule has 1 aliphatic heterocycles. The third kappa shape index (κ3) is 2.51. The summed E-state index contributed by atoms with van der Waals surface area (Å²) in [5.74, 6) is -0.452. The normalized spacial score (nSPS) is 16.7. The number of carbonyl (C=O) groups excluding carboxylic acids is 1. The monoisotopic (exact) mass is 325 g/mol. The van der Waals surface area contributed by atoms with Crippen LogP contribution < -0.4 is 5.32 Å². The lowest BCUT2D eigenvalue weighted by atomic mass is 9.90.